The van der Waals surface area contributed by atoms with E-state index in [1.807, 2.05) is 26.0 Å². The number of carbonyl (C=O) groups excluding carboxylic acids is 1. The molecule has 2 nitrogen and oxygen atoms in total. The lowest BCUT2D eigenvalue weighted by molar-refractivity contribution is 0.102. The van der Waals surface area contributed by atoms with E-state index in [0.717, 1.165) is 11.1 Å². The first kappa shape index (κ1) is 14.6. The number of aryl methyl sites for hydroxylation is 2. The first-order chi connectivity index (χ1) is 9.49. The molecule has 1 atom stereocenters. The van der Waals surface area contributed by atoms with Crippen LogP contribution in [0.2, 0.25) is 0 Å². The Morgan fingerprint density at radius 2 is 1.85 bits per heavy atom. The predicted octanol–water partition coefficient (Wildman–Crippen LogP) is 3.43. The van der Waals surface area contributed by atoms with Crippen molar-refractivity contribution in [3.63, 3.8) is 0 Å². The molecule has 0 aliphatic heterocycles. The van der Waals surface area contributed by atoms with Gasteiger partial charge in [0.2, 0.25) is 0 Å². The second-order valence-electron chi connectivity index (χ2n) is 4.66. The minimum atomic E-state index is -1.66. The Hall–Kier alpha value is -1.81. The van der Waals surface area contributed by atoms with Gasteiger partial charge in [0.25, 0.3) is 0 Å². The highest BCUT2D eigenvalue weighted by Gasteiger charge is 2.16. The quantitative estimate of drug-likeness (QED) is 0.808. The molecular weight excluding hydrogens is 275 g/mol. The molecule has 0 spiro atoms. The smallest absolute Gasteiger partial charge is 0.175 e. The third kappa shape index (κ3) is 3.20. The topological polar surface area (TPSA) is 34.1 Å². The monoisotopic (exact) mass is 290 g/mol. The molecule has 0 amide bonds. The van der Waals surface area contributed by atoms with Crippen molar-refractivity contribution in [3.05, 3.63) is 65.0 Å². The Kier molecular flexibility index (Phi) is 4.45. The number of halogens is 1. The summed E-state index contributed by atoms with van der Waals surface area (Å²) < 4.78 is 25.6. The maximum atomic E-state index is 13.5. The lowest BCUT2D eigenvalue weighted by Crippen LogP contribution is -2.13. The number of hydrogen-bond donors (Lipinski definition) is 0. The summed E-state index contributed by atoms with van der Waals surface area (Å²) in [5, 5.41) is 0. The third-order valence-electron chi connectivity index (χ3n) is 3.03. The Morgan fingerprint density at radius 1 is 1.15 bits per heavy atom. The van der Waals surface area contributed by atoms with E-state index in [9.17, 15) is 13.4 Å². The molecule has 0 radical (unpaired) electrons. The van der Waals surface area contributed by atoms with Gasteiger partial charge in [-0.05, 0) is 31.5 Å². The summed E-state index contributed by atoms with van der Waals surface area (Å²) in [6, 6.07) is 11.3. The van der Waals surface area contributed by atoms with Crippen molar-refractivity contribution in [2.75, 3.05) is 5.75 Å². The van der Waals surface area contributed by atoms with E-state index in [2.05, 4.69) is 0 Å². The molecule has 0 aliphatic rings. The van der Waals surface area contributed by atoms with E-state index in [-0.39, 0.29) is 16.4 Å². The van der Waals surface area contributed by atoms with Crippen molar-refractivity contribution in [3.8, 4) is 0 Å². The summed E-state index contributed by atoms with van der Waals surface area (Å²) in [4.78, 5) is 12.2. The summed E-state index contributed by atoms with van der Waals surface area (Å²) in [5.41, 5.74) is 2.45. The largest absolute Gasteiger partial charge is 0.293 e. The van der Waals surface area contributed by atoms with Crippen LogP contribution in [-0.4, -0.2) is 15.7 Å². The van der Waals surface area contributed by atoms with Gasteiger partial charge >= 0.3 is 0 Å². The van der Waals surface area contributed by atoms with E-state index in [1.165, 1.54) is 18.2 Å². The number of benzene rings is 2. The second kappa shape index (κ2) is 6.09. The molecule has 0 saturated carbocycles. The summed E-state index contributed by atoms with van der Waals surface area (Å²) in [6.45, 7) is 3.78. The van der Waals surface area contributed by atoms with Gasteiger partial charge in [0.15, 0.2) is 5.78 Å². The lowest BCUT2D eigenvalue weighted by atomic mass is 10.0. The van der Waals surface area contributed by atoms with Gasteiger partial charge in [-0.3, -0.25) is 9.00 Å². The zero-order chi connectivity index (χ0) is 14.7. The number of rotatable bonds is 4. The minimum absolute atomic E-state index is 0.0746. The summed E-state index contributed by atoms with van der Waals surface area (Å²) >= 11 is 0. The van der Waals surface area contributed by atoms with Gasteiger partial charge in [0.1, 0.15) is 5.82 Å². The third-order valence-corrected chi connectivity index (χ3v) is 4.37. The second-order valence-corrected chi connectivity index (χ2v) is 6.08. The molecular formula is C16H15FO2S. The SMILES string of the molecule is Cc1ccc(C(=O)CS(=O)c2ccccc2F)c(C)c1. The van der Waals surface area contributed by atoms with Crippen LogP contribution in [0.3, 0.4) is 0 Å². The van der Waals surface area contributed by atoms with Crippen molar-refractivity contribution in [2.24, 2.45) is 0 Å². The number of carbonyl (C=O) groups is 1. The first-order valence-electron chi connectivity index (χ1n) is 6.22. The van der Waals surface area contributed by atoms with Crippen molar-refractivity contribution in [1.82, 2.24) is 0 Å². The average molecular weight is 290 g/mol. The standard InChI is InChI=1S/C16H15FO2S/c1-11-7-8-13(12(2)9-11)15(18)10-20(19)16-6-4-3-5-14(16)17/h3-9H,10H2,1-2H3. The van der Waals surface area contributed by atoms with Gasteiger partial charge in [-0.2, -0.15) is 0 Å². The number of ketones is 1. The summed E-state index contributed by atoms with van der Waals surface area (Å²) in [5.74, 6) is -0.978. The summed E-state index contributed by atoms with van der Waals surface area (Å²) in [6.07, 6.45) is 0. The van der Waals surface area contributed by atoms with Crippen LogP contribution in [0.4, 0.5) is 4.39 Å². The van der Waals surface area contributed by atoms with Crippen molar-refractivity contribution in [1.29, 1.82) is 0 Å². The fourth-order valence-electron chi connectivity index (χ4n) is 2.03. The van der Waals surface area contributed by atoms with Crippen LogP contribution in [0, 0.1) is 19.7 Å². The van der Waals surface area contributed by atoms with E-state index in [0.29, 0.717) is 5.56 Å². The van der Waals surface area contributed by atoms with Crippen molar-refractivity contribution >= 4 is 16.6 Å². The van der Waals surface area contributed by atoms with Crippen LogP contribution in [0.15, 0.2) is 47.4 Å². The van der Waals surface area contributed by atoms with Crippen LogP contribution >= 0.6 is 0 Å². The molecule has 0 aliphatic carbocycles. The molecule has 4 heteroatoms. The van der Waals surface area contributed by atoms with Crippen LogP contribution in [-0.2, 0) is 10.8 Å². The molecule has 104 valence electrons. The van der Waals surface area contributed by atoms with Crippen LogP contribution in [0.5, 0.6) is 0 Å². The maximum Gasteiger partial charge on any atom is 0.175 e. The van der Waals surface area contributed by atoms with E-state index in [1.54, 1.807) is 12.1 Å². The highest BCUT2D eigenvalue weighted by atomic mass is 32.2. The Labute approximate surface area is 120 Å². The highest BCUT2D eigenvalue weighted by molar-refractivity contribution is 7.85. The molecule has 0 heterocycles. The van der Waals surface area contributed by atoms with Crippen molar-refractivity contribution in [2.45, 2.75) is 18.7 Å². The molecule has 0 aromatic heterocycles. The molecule has 0 bridgehead atoms. The van der Waals surface area contributed by atoms with Crippen molar-refractivity contribution < 1.29 is 13.4 Å². The van der Waals surface area contributed by atoms with Gasteiger partial charge < -0.3 is 0 Å². The average Bonchev–Trinajstić information content (AvgIpc) is 2.38. The molecule has 0 N–H and O–H groups in total. The number of Topliss-reactive ketones (excluding diaryl/α,β-unsaturated/α-hetero) is 1. The molecule has 0 saturated heterocycles. The van der Waals surface area contributed by atoms with Gasteiger partial charge in [0, 0.05) is 5.56 Å². The van der Waals surface area contributed by atoms with Gasteiger partial charge in [-0.15, -0.1) is 0 Å². The fraction of sp³-hybridized carbons (Fsp3) is 0.188. The van der Waals surface area contributed by atoms with E-state index in [4.69, 9.17) is 0 Å². The summed E-state index contributed by atoms with van der Waals surface area (Å²) in [7, 11) is -1.66. The fourth-order valence-corrected chi connectivity index (χ4v) is 3.10. The van der Waals surface area contributed by atoms with E-state index >= 15 is 0 Å². The van der Waals surface area contributed by atoms with E-state index < -0.39 is 16.6 Å². The molecule has 1 unspecified atom stereocenters. The molecule has 0 fully saturated rings. The van der Waals surface area contributed by atoms with Crippen LogP contribution < -0.4 is 0 Å². The normalized spacial score (nSPS) is 12.2. The number of hydrogen-bond acceptors (Lipinski definition) is 2. The Bertz CT molecular complexity index is 680. The zero-order valence-corrected chi connectivity index (χ0v) is 12.2. The molecule has 2 aromatic carbocycles. The Balaban J connectivity index is 2.20. The van der Waals surface area contributed by atoms with Gasteiger partial charge in [-0.25, -0.2) is 4.39 Å². The molecule has 2 aromatic rings. The minimum Gasteiger partial charge on any atom is -0.293 e. The maximum absolute atomic E-state index is 13.5. The Morgan fingerprint density at radius 3 is 2.50 bits per heavy atom. The van der Waals surface area contributed by atoms with Gasteiger partial charge in [0.05, 0.1) is 21.4 Å². The van der Waals surface area contributed by atoms with Crippen LogP contribution in [0.25, 0.3) is 0 Å². The van der Waals surface area contributed by atoms with Gasteiger partial charge in [-0.1, -0.05) is 35.9 Å². The molecule has 2 rings (SSSR count). The predicted molar refractivity (Wildman–Crippen MR) is 77.9 cm³/mol. The lowest BCUT2D eigenvalue weighted by Gasteiger charge is -2.07. The molecule has 20 heavy (non-hydrogen) atoms. The first-order valence-corrected chi connectivity index (χ1v) is 7.54. The zero-order valence-electron chi connectivity index (χ0n) is 11.4. The highest BCUT2D eigenvalue weighted by Crippen LogP contribution is 2.15. The van der Waals surface area contributed by atoms with Crippen LogP contribution in [0.1, 0.15) is 21.5 Å².